The Bertz CT molecular complexity index is 697. The van der Waals surface area contributed by atoms with Gasteiger partial charge in [0.15, 0.2) is 5.96 Å². The van der Waals surface area contributed by atoms with E-state index in [1.807, 2.05) is 44.2 Å². The van der Waals surface area contributed by atoms with Crippen molar-refractivity contribution in [2.75, 3.05) is 19.7 Å². The molecule has 26 heavy (non-hydrogen) atoms. The fourth-order valence-corrected chi connectivity index (χ4v) is 3.29. The first kappa shape index (κ1) is 23.0. The number of benzene rings is 1. The monoisotopic (exact) mass is 509 g/mol. The Labute approximate surface area is 180 Å². The zero-order chi connectivity index (χ0) is 18.1. The molecular formula is C18H25ClIN3O2S. The minimum Gasteiger partial charge on any atom is -0.494 e. The Kier molecular flexibility index (Phi) is 11.0. The lowest BCUT2D eigenvalue weighted by Gasteiger charge is -2.15. The van der Waals surface area contributed by atoms with Crippen LogP contribution in [0.1, 0.15) is 30.4 Å². The van der Waals surface area contributed by atoms with Crippen LogP contribution in [0.5, 0.6) is 5.75 Å². The molecule has 0 saturated carbocycles. The van der Waals surface area contributed by atoms with Crippen LogP contribution < -0.4 is 15.4 Å². The first-order valence-electron chi connectivity index (χ1n) is 8.30. The van der Waals surface area contributed by atoms with E-state index >= 15 is 0 Å². The molecule has 0 spiro atoms. The highest BCUT2D eigenvalue weighted by Gasteiger charge is 2.11. The molecule has 0 bridgehead atoms. The lowest BCUT2D eigenvalue weighted by molar-refractivity contribution is 0.184. The molecule has 1 aromatic carbocycles. The predicted molar refractivity (Wildman–Crippen MR) is 120 cm³/mol. The van der Waals surface area contributed by atoms with Crippen LogP contribution in [0.25, 0.3) is 0 Å². The number of aliphatic hydroxyl groups excluding tert-OH is 1. The van der Waals surface area contributed by atoms with Gasteiger partial charge in [-0.25, -0.2) is 4.99 Å². The highest BCUT2D eigenvalue weighted by molar-refractivity contribution is 14.0. The Morgan fingerprint density at radius 2 is 2.00 bits per heavy atom. The van der Waals surface area contributed by atoms with Crippen molar-refractivity contribution in [3.63, 3.8) is 0 Å². The summed E-state index contributed by atoms with van der Waals surface area (Å²) in [6.45, 7) is 6.17. The Morgan fingerprint density at radius 3 is 2.65 bits per heavy atom. The van der Waals surface area contributed by atoms with Crippen molar-refractivity contribution in [2.45, 2.75) is 26.5 Å². The summed E-state index contributed by atoms with van der Waals surface area (Å²) in [6, 6.07) is 11.5. The lowest BCUT2D eigenvalue weighted by Crippen LogP contribution is -2.39. The molecule has 0 fully saturated rings. The van der Waals surface area contributed by atoms with Gasteiger partial charge >= 0.3 is 0 Å². The highest BCUT2D eigenvalue weighted by atomic mass is 127. The van der Waals surface area contributed by atoms with Gasteiger partial charge in [-0.3, -0.25) is 0 Å². The molecule has 1 heterocycles. The molecule has 2 rings (SSSR count). The highest BCUT2D eigenvalue weighted by Crippen LogP contribution is 2.26. The number of aliphatic imine (C=N–C) groups is 1. The van der Waals surface area contributed by atoms with Crippen LogP contribution in [0.15, 0.2) is 41.4 Å². The topological polar surface area (TPSA) is 65.9 Å². The number of hydrogen-bond donors (Lipinski definition) is 3. The summed E-state index contributed by atoms with van der Waals surface area (Å²) >= 11 is 7.29. The van der Waals surface area contributed by atoms with Gasteiger partial charge in [0.05, 0.1) is 17.5 Å². The molecule has 1 atom stereocenters. The average Bonchev–Trinajstić information content (AvgIpc) is 3.05. The molecule has 8 heteroatoms. The van der Waals surface area contributed by atoms with Gasteiger partial charge in [-0.15, -0.1) is 35.3 Å². The largest absolute Gasteiger partial charge is 0.494 e. The summed E-state index contributed by atoms with van der Waals surface area (Å²) in [5.41, 5.74) is 1.02. The molecule has 0 aliphatic rings. The van der Waals surface area contributed by atoms with Crippen molar-refractivity contribution in [3.8, 4) is 5.75 Å². The third-order valence-corrected chi connectivity index (χ3v) is 4.74. The molecule has 3 N–H and O–H groups in total. The van der Waals surface area contributed by atoms with Gasteiger partial charge in [0.2, 0.25) is 0 Å². The second-order valence-corrected chi connectivity index (χ2v) is 7.02. The second-order valence-electron chi connectivity index (χ2n) is 5.27. The van der Waals surface area contributed by atoms with Crippen LogP contribution in [-0.2, 0) is 6.54 Å². The third kappa shape index (κ3) is 7.30. The Balaban J connectivity index is 0.00000338. The van der Waals surface area contributed by atoms with E-state index in [-0.39, 0.29) is 24.0 Å². The number of aliphatic hydroxyl groups is 1. The number of nitrogens with zero attached hydrogens (tertiary/aromatic N) is 1. The van der Waals surface area contributed by atoms with Crippen LogP contribution in [0.2, 0.25) is 4.34 Å². The fraction of sp³-hybridized carbons (Fsp3) is 0.389. The summed E-state index contributed by atoms with van der Waals surface area (Å²) in [6.07, 6.45) is -0.628. The summed E-state index contributed by atoms with van der Waals surface area (Å²) in [5, 5.41) is 16.6. The van der Waals surface area contributed by atoms with E-state index in [0.717, 1.165) is 22.7 Å². The average molecular weight is 510 g/mol. The molecule has 0 amide bonds. The summed E-state index contributed by atoms with van der Waals surface area (Å²) in [5.74, 6) is 1.49. The lowest BCUT2D eigenvalue weighted by atomic mass is 10.2. The van der Waals surface area contributed by atoms with Crippen LogP contribution in [0, 0.1) is 0 Å². The number of hydrogen-bond acceptors (Lipinski definition) is 4. The molecule has 2 aromatic rings. The summed E-state index contributed by atoms with van der Waals surface area (Å²) in [7, 11) is 0. The van der Waals surface area contributed by atoms with Crippen molar-refractivity contribution in [2.24, 2.45) is 4.99 Å². The van der Waals surface area contributed by atoms with Crippen LogP contribution >= 0.6 is 46.9 Å². The number of halogens is 2. The first-order chi connectivity index (χ1) is 12.1. The van der Waals surface area contributed by atoms with E-state index in [9.17, 15) is 5.11 Å². The molecule has 0 aliphatic heterocycles. The van der Waals surface area contributed by atoms with Gasteiger partial charge in [0.1, 0.15) is 11.9 Å². The quantitative estimate of drug-likeness (QED) is 0.283. The van der Waals surface area contributed by atoms with E-state index in [0.29, 0.717) is 30.0 Å². The van der Waals surface area contributed by atoms with Gasteiger partial charge in [-0.1, -0.05) is 29.8 Å². The summed E-state index contributed by atoms with van der Waals surface area (Å²) < 4.78 is 6.30. The standard InChI is InChI=1S/C18H24ClN3O2S.HI/c1-3-20-18(22-12-14(23)16-9-10-17(19)25-16)21-11-13-7-5-6-8-15(13)24-4-2;/h5-10,14,23H,3-4,11-12H2,1-2H3,(H2,20,21,22);1H. The Hall–Kier alpha value is -1.03. The maximum absolute atomic E-state index is 10.2. The van der Waals surface area contributed by atoms with E-state index in [1.165, 1.54) is 11.3 Å². The van der Waals surface area contributed by atoms with Gasteiger partial charge in [-0.05, 0) is 32.0 Å². The zero-order valence-electron chi connectivity index (χ0n) is 14.9. The molecule has 1 aromatic heterocycles. The summed E-state index contributed by atoms with van der Waals surface area (Å²) in [4.78, 5) is 5.41. The van der Waals surface area contributed by atoms with E-state index in [4.69, 9.17) is 16.3 Å². The molecule has 0 saturated heterocycles. The third-order valence-electron chi connectivity index (χ3n) is 3.41. The van der Waals surface area contributed by atoms with Crippen molar-refractivity contribution < 1.29 is 9.84 Å². The molecule has 1 unspecified atom stereocenters. The fourth-order valence-electron chi connectivity index (χ4n) is 2.24. The Morgan fingerprint density at radius 1 is 1.23 bits per heavy atom. The van der Waals surface area contributed by atoms with Crippen LogP contribution in [0.4, 0.5) is 0 Å². The first-order valence-corrected chi connectivity index (χ1v) is 9.49. The van der Waals surface area contributed by atoms with Crippen molar-refractivity contribution >= 4 is 52.9 Å². The van der Waals surface area contributed by atoms with Crippen molar-refractivity contribution in [1.29, 1.82) is 0 Å². The molecule has 0 aliphatic carbocycles. The normalized spacial score (nSPS) is 12.2. The minimum absolute atomic E-state index is 0. The number of nitrogens with one attached hydrogen (secondary N) is 2. The van der Waals surface area contributed by atoms with Crippen molar-refractivity contribution in [3.05, 3.63) is 51.2 Å². The second kappa shape index (κ2) is 12.4. The number of ether oxygens (including phenoxy) is 1. The molecule has 5 nitrogen and oxygen atoms in total. The SMILES string of the molecule is CCNC(=NCc1ccccc1OCC)NCC(O)c1ccc(Cl)s1.I. The van der Waals surface area contributed by atoms with Crippen LogP contribution in [0.3, 0.4) is 0 Å². The van der Waals surface area contributed by atoms with Gasteiger partial charge in [-0.2, -0.15) is 0 Å². The van der Waals surface area contributed by atoms with Gasteiger partial charge < -0.3 is 20.5 Å². The van der Waals surface area contributed by atoms with Gasteiger partial charge in [0, 0.05) is 23.5 Å². The minimum atomic E-state index is -0.628. The van der Waals surface area contributed by atoms with Crippen LogP contribution in [-0.4, -0.2) is 30.8 Å². The number of rotatable bonds is 8. The maximum Gasteiger partial charge on any atom is 0.191 e. The molecular weight excluding hydrogens is 485 g/mol. The number of thiophene rings is 1. The van der Waals surface area contributed by atoms with E-state index < -0.39 is 6.10 Å². The zero-order valence-corrected chi connectivity index (χ0v) is 18.8. The smallest absolute Gasteiger partial charge is 0.191 e. The van der Waals surface area contributed by atoms with Gasteiger partial charge in [0.25, 0.3) is 0 Å². The molecule has 144 valence electrons. The van der Waals surface area contributed by atoms with E-state index in [1.54, 1.807) is 6.07 Å². The number of para-hydroxylation sites is 1. The van der Waals surface area contributed by atoms with E-state index in [2.05, 4.69) is 15.6 Å². The maximum atomic E-state index is 10.2. The predicted octanol–water partition coefficient (Wildman–Crippen LogP) is 4.21. The molecule has 0 radical (unpaired) electrons. The number of guanidine groups is 1. The van der Waals surface area contributed by atoms with Crippen molar-refractivity contribution in [1.82, 2.24) is 10.6 Å².